The van der Waals surface area contributed by atoms with Gasteiger partial charge in [0.25, 0.3) is 0 Å². The van der Waals surface area contributed by atoms with Crippen molar-refractivity contribution in [3.05, 3.63) is 82.9 Å². The fourth-order valence-corrected chi connectivity index (χ4v) is 3.19. The van der Waals surface area contributed by atoms with E-state index in [0.717, 1.165) is 11.3 Å². The largest absolute Gasteiger partial charge is 0.478 e. The lowest BCUT2D eigenvalue weighted by molar-refractivity contribution is -0.145. The van der Waals surface area contributed by atoms with E-state index in [9.17, 15) is 9.90 Å². The Kier molecular flexibility index (Phi) is 5.44. The molecule has 0 fully saturated rings. The van der Waals surface area contributed by atoms with E-state index in [-0.39, 0.29) is 6.79 Å². The summed E-state index contributed by atoms with van der Waals surface area (Å²) in [6.45, 7) is 0.696. The molecule has 0 aromatic heterocycles. The van der Waals surface area contributed by atoms with Crippen LogP contribution >= 0.6 is 11.6 Å². The van der Waals surface area contributed by atoms with E-state index in [1.807, 2.05) is 24.3 Å². The molecule has 4 rings (SSSR count). The van der Waals surface area contributed by atoms with Gasteiger partial charge in [0.1, 0.15) is 5.75 Å². The van der Waals surface area contributed by atoms with Gasteiger partial charge in [-0.25, -0.2) is 4.79 Å². The molecule has 148 valence electrons. The Morgan fingerprint density at radius 1 is 1.07 bits per heavy atom. The lowest BCUT2D eigenvalue weighted by Crippen LogP contribution is -2.18. The summed E-state index contributed by atoms with van der Waals surface area (Å²) in [4.78, 5) is 11.6. The standard InChI is InChI=1S/C22H18ClNO5/c23-18-11-20-19(27-13-28-20)10-15(18)12-24-16-6-8-17(9-7-16)29-21(22(25)26)14-4-2-1-3-5-14/h1-11,21,24H,12-13H2,(H,25,26)/t21-/m0/s1. The topological polar surface area (TPSA) is 77.0 Å². The minimum absolute atomic E-state index is 0.199. The Bertz CT molecular complexity index is 1010. The second kappa shape index (κ2) is 8.32. The molecule has 6 nitrogen and oxygen atoms in total. The molecule has 0 saturated heterocycles. The average molecular weight is 412 g/mol. The summed E-state index contributed by atoms with van der Waals surface area (Å²) < 4.78 is 16.4. The van der Waals surface area contributed by atoms with Crippen LogP contribution < -0.4 is 19.5 Å². The van der Waals surface area contributed by atoms with Crippen molar-refractivity contribution >= 4 is 23.3 Å². The minimum atomic E-state index is -1.07. The van der Waals surface area contributed by atoms with Crippen LogP contribution in [0.2, 0.25) is 5.02 Å². The Balaban J connectivity index is 1.41. The Morgan fingerprint density at radius 3 is 2.45 bits per heavy atom. The number of hydrogen-bond donors (Lipinski definition) is 2. The van der Waals surface area contributed by atoms with E-state index in [4.69, 9.17) is 25.8 Å². The Morgan fingerprint density at radius 2 is 1.76 bits per heavy atom. The number of nitrogens with one attached hydrogen (secondary N) is 1. The minimum Gasteiger partial charge on any atom is -0.478 e. The molecule has 0 aliphatic carbocycles. The van der Waals surface area contributed by atoms with E-state index < -0.39 is 12.1 Å². The van der Waals surface area contributed by atoms with Gasteiger partial charge in [-0.3, -0.25) is 0 Å². The summed E-state index contributed by atoms with van der Waals surface area (Å²) in [5.74, 6) is 0.742. The summed E-state index contributed by atoms with van der Waals surface area (Å²) in [5.41, 5.74) is 2.31. The first-order valence-electron chi connectivity index (χ1n) is 8.96. The normalized spacial score (nSPS) is 13.0. The van der Waals surface area contributed by atoms with Crippen molar-refractivity contribution < 1.29 is 24.1 Å². The maximum Gasteiger partial charge on any atom is 0.349 e. The first-order valence-corrected chi connectivity index (χ1v) is 9.34. The lowest BCUT2D eigenvalue weighted by atomic mass is 10.1. The number of carboxylic acid groups (broad SMARTS) is 1. The fraction of sp³-hybridized carbons (Fsp3) is 0.136. The molecule has 29 heavy (non-hydrogen) atoms. The van der Waals surface area contributed by atoms with Crippen molar-refractivity contribution in [2.24, 2.45) is 0 Å². The van der Waals surface area contributed by atoms with E-state index in [1.165, 1.54) is 0 Å². The van der Waals surface area contributed by atoms with Gasteiger partial charge in [0.2, 0.25) is 12.9 Å². The summed E-state index contributed by atoms with van der Waals surface area (Å²) >= 11 is 6.29. The van der Waals surface area contributed by atoms with Crippen molar-refractivity contribution in [3.63, 3.8) is 0 Å². The van der Waals surface area contributed by atoms with Crippen LogP contribution in [0.25, 0.3) is 0 Å². The fourth-order valence-electron chi connectivity index (χ4n) is 2.97. The number of rotatable bonds is 7. The van der Waals surface area contributed by atoms with Crippen molar-refractivity contribution in [2.75, 3.05) is 12.1 Å². The molecule has 0 spiro atoms. The number of halogens is 1. The highest BCUT2D eigenvalue weighted by molar-refractivity contribution is 6.31. The number of fused-ring (bicyclic) bond motifs is 1. The van der Waals surface area contributed by atoms with Crippen molar-refractivity contribution in [3.8, 4) is 17.2 Å². The van der Waals surface area contributed by atoms with Crippen LogP contribution in [0.5, 0.6) is 17.2 Å². The maximum atomic E-state index is 11.6. The number of hydrogen-bond acceptors (Lipinski definition) is 5. The zero-order valence-corrected chi connectivity index (χ0v) is 16.1. The summed E-state index contributed by atoms with van der Waals surface area (Å²) in [6.07, 6.45) is -1.07. The van der Waals surface area contributed by atoms with Gasteiger partial charge in [0.05, 0.1) is 0 Å². The van der Waals surface area contributed by atoms with E-state index in [2.05, 4.69) is 5.32 Å². The average Bonchev–Trinajstić information content (AvgIpc) is 3.18. The van der Waals surface area contributed by atoms with Gasteiger partial charge in [0, 0.05) is 28.9 Å². The molecular weight excluding hydrogens is 394 g/mol. The van der Waals surface area contributed by atoms with Crippen LogP contribution in [0, 0.1) is 0 Å². The summed E-state index contributed by atoms with van der Waals surface area (Å²) in [7, 11) is 0. The van der Waals surface area contributed by atoms with Crippen LogP contribution in [-0.4, -0.2) is 17.9 Å². The molecule has 0 saturated carbocycles. The second-order valence-corrected chi connectivity index (χ2v) is 6.83. The molecule has 1 heterocycles. The van der Waals surface area contributed by atoms with Gasteiger partial charge >= 0.3 is 5.97 Å². The van der Waals surface area contributed by atoms with E-state index in [0.29, 0.717) is 34.4 Å². The molecule has 0 bridgehead atoms. The SMILES string of the molecule is O=C(O)[C@@H](Oc1ccc(NCc2cc3c(cc2Cl)OCO3)cc1)c1ccccc1. The first-order chi connectivity index (χ1) is 14.1. The van der Waals surface area contributed by atoms with E-state index in [1.54, 1.807) is 42.5 Å². The zero-order chi connectivity index (χ0) is 20.2. The molecule has 3 aromatic carbocycles. The van der Waals surface area contributed by atoms with Crippen molar-refractivity contribution in [2.45, 2.75) is 12.6 Å². The van der Waals surface area contributed by atoms with Gasteiger partial charge in [-0.2, -0.15) is 0 Å². The zero-order valence-electron chi connectivity index (χ0n) is 15.3. The molecule has 7 heteroatoms. The number of ether oxygens (including phenoxy) is 3. The van der Waals surface area contributed by atoms with Crippen molar-refractivity contribution in [1.82, 2.24) is 0 Å². The van der Waals surface area contributed by atoms with Gasteiger partial charge in [-0.1, -0.05) is 41.9 Å². The second-order valence-electron chi connectivity index (χ2n) is 6.42. The summed E-state index contributed by atoms with van der Waals surface area (Å²) in [6, 6.07) is 19.5. The number of benzene rings is 3. The monoisotopic (exact) mass is 411 g/mol. The molecule has 0 unspecified atom stereocenters. The van der Waals surface area contributed by atoms with E-state index >= 15 is 0 Å². The highest BCUT2D eigenvalue weighted by atomic mass is 35.5. The highest BCUT2D eigenvalue weighted by Gasteiger charge is 2.21. The third-order valence-corrected chi connectivity index (χ3v) is 4.81. The number of aliphatic carboxylic acids is 1. The number of carbonyl (C=O) groups is 1. The predicted molar refractivity (Wildman–Crippen MR) is 109 cm³/mol. The van der Waals surface area contributed by atoms with Gasteiger partial charge < -0.3 is 24.6 Å². The van der Waals surface area contributed by atoms with Gasteiger partial charge in [0.15, 0.2) is 11.5 Å². The molecule has 1 atom stereocenters. The molecule has 3 aromatic rings. The van der Waals surface area contributed by atoms with Crippen LogP contribution in [0.3, 0.4) is 0 Å². The molecule has 1 aliphatic heterocycles. The summed E-state index contributed by atoms with van der Waals surface area (Å²) in [5, 5.41) is 13.3. The molecule has 0 radical (unpaired) electrons. The number of carboxylic acids is 1. The lowest BCUT2D eigenvalue weighted by Gasteiger charge is -2.16. The molecule has 2 N–H and O–H groups in total. The Hall–Kier alpha value is -3.38. The quantitative estimate of drug-likeness (QED) is 0.576. The number of anilines is 1. The third kappa shape index (κ3) is 4.38. The molecule has 1 aliphatic rings. The van der Waals surface area contributed by atoms with Crippen molar-refractivity contribution in [1.29, 1.82) is 0 Å². The van der Waals surface area contributed by atoms with Gasteiger partial charge in [-0.15, -0.1) is 0 Å². The Labute approximate surface area is 172 Å². The van der Waals surface area contributed by atoms with Crippen LogP contribution in [-0.2, 0) is 11.3 Å². The molecule has 0 amide bonds. The van der Waals surface area contributed by atoms with Gasteiger partial charge in [-0.05, 0) is 35.9 Å². The maximum absolute atomic E-state index is 11.6. The molecular formula is C22H18ClNO5. The first kappa shape index (κ1) is 19.0. The van der Waals surface area contributed by atoms with Crippen LogP contribution in [0.1, 0.15) is 17.2 Å². The third-order valence-electron chi connectivity index (χ3n) is 4.46. The highest BCUT2D eigenvalue weighted by Crippen LogP contribution is 2.37. The van der Waals surface area contributed by atoms with Crippen LogP contribution in [0.15, 0.2) is 66.7 Å². The van der Waals surface area contributed by atoms with Crippen LogP contribution in [0.4, 0.5) is 5.69 Å². The smallest absolute Gasteiger partial charge is 0.349 e. The predicted octanol–water partition coefficient (Wildman–Crippen LogP) is 4.89.